The summed E-state index contributed by atoms with van der Waals surface area (Å²) in [6.07, 6.45) is 4.93. The highest BCUT2D eigenvalue weighted by Crippen LogP contribution is 2.23. The summed E-state index contributed by atoms with van der Waals surface area (Å²) in [6.45, 7) is 7.72. The molecular weight excluding hydrogens is 300 g/mol. The number of ether oxygens (including phenoxy) is 2. The van der Waals surface area contributed by atoms with E-state index in [1.165, 1.54) is 19.3 Å². The van der Waals surface area contributed by atoms with Crippen LogP contribution in [-0.2, 0) is 9.53 Å². The number of carbonyl (C=O) groups excluding carboxylic acids is 1. The lowest BCUT2D eigenvalue weighted by Gasteiger charge is -2.19. The Morgan fingerprint density at radius 2 is 1.95 bits per heavy atom. The molecule has 0 bridgehead atoms. The second-order valence-electron chi connectivity index (χ2n) is 5.77. The first-order chi connectivity index (χ1) is 10.4. The topological polar surface area (TPSA) is 35.5 Å². The molecule has 2 atom stereocenters. The minimum Gasteiger partial charge on any atom is -0.479 e. The Morgan fingerprint density at radius 1 is 1.23 bits per heavy atom. The number of hydrogen-bond donors (Lipinski definition) is 0. The molecule has 0 N–H and O–H groups in total. The van der Waals surface area contributed by atoms with Crippen LogP contribution < -0.4 is 4.74 Å². The Kier molecular flexibility index (Phi) is 8.32. The van der Waals surface area contributed by atoms with Gasteiger partial charge in [-0.15, -0.1) is 0 Å². The number of carbonyl (C=O) groups is 1. The monoisotopic (exact) mass is 326 g/mol. The van der Waals surface area contributed by atoms with Crippen LogP contribution in [0, 0.1) is 6.92 Å². The van der Waals surface area contributed by atoms with E-state index in [4.69, 9.17) is 21.1 Å². The normalized spacial score (nSPS) is 13.5. The molecule has 0 saturated carbocycles. The molecule has 124 valence electrons. The van der Waals surface area contributed by atoms with Gasteiger partial charge >= 0.3 is 5.97 Å². The van der Waals surface area contributed by atoms with Gasteiger partial charge in [0.25, 0.3) is 0 Å². The van der Waals surface area contributed by atoms with Gasteiger partial charge in [0.2, 0.25) is 0 Å². The van der Waals surface area contributed by atoms with Gasteiger partial charge in [0, 0.05) is 5.02 Å². The largest absolute Gasteiger partial charge is 0.479 e. The third kappa shape index (κ3) is 6.69. The van der Waals surface area contributed by atoms with Gasteiger partial charge in [-0.25, -0.2) is 4.79 Å². The van der Waals surface area contributed by atoms with E-state index in [0.29, 0.717) is 10.8 Å². The number of hydrogen-bond acceptors (Lipinski definition) is 3. The minimum atomic E-state index is -0.627. The van der Waals surface area contributed by atoms with Gasteiger partial charge in [-0.05, 0) is 57.4 Å². The molecule has 0 spiro atoms. The van der Waals surface area contributed by atoms with Gasteiger partial charge in [-0.2, -0.15) is 0 Å². The van der Waals surface area contributed by atoms with Gasteiger partial charge in [-0.1, -0.05) is 37.8 Å². The summed E-state index contributed by atoms with van der Waals surface area (Å²) in [7, 11) is 0. The Labute approximate surface area is 139 Å². The molecule has 0 aliphatic rings. The van der Waals surface area contributed by atoms with Crippen molar-refractivity contribution in [3.8, 4) is 5.75 Å². The van der Waals surface area contributed by atoms with E-state index in [1.54, 1.807) is 19.1 Å². The fourth-order valence-corrected chi connectivity index (χ4v) is 2.42. The highest BCUT2D eigenvalue weighted by atomic mass is 35.5. The molecule has 0 aliphatic carbocycles. The summed E-state index contributed by atoms with van der Waals surface area (Å²) in [5.74, 6) is 0.335. The van der Waals surface area contributed by atoms with E-state index in [-0.39, 0.29) is 12.1 Å². The van der Waals surface area contributed by atoms with E-state index < -0.39 is 6.10 Å². The van der Waals surface area contributed by atoms with Crippen molar-refractivity contribution >= 4 is 17.6 Å². The van der Waals surface area contributed by atoms with Crippen molar-refractivity contribution in [2.75, 3.05) is 0 Å². The van der Waals surface area contributed by atoms with E-state index >= 15 is 0 Å². The molecule has 0 unspecified atom stereocenters. The van der Waals surface area contributed by atoms with Crippen LogP contribution in [-0.4, -0.2) is 18.2 Å². The summed E-state index contributed by atoms with van der Waals surface area (Å²) < 4.78 is 11.1. The Balaban J connectivity index is 2.41. The average Bonchev–Trinajstić information content (AvgIpc) is 2.46. The lowest BCUT2D eigenvalue weighted by atomic mass is 10.1. The first-order valence-corrected chi connectivity index (χ1v) is 8.45. The van der Waals surface area contributed by atoms with Crippen molar-refractivity contribution in [2.45, 2.75) is 72.0 Å². The zero-order chi connectivity index (χ0) is 16.5. The molecule has 0 aromatic heterocycles. The van der Waals surface area contributed by atoms with Crippen molar-refractivity contribution in [1.82, 2.24) is 0 Å². The van der Waals surface area contributed by atoms with Crippen molar-refractivity contribution in [1.29, 1.82) is 0 Å². The third-order valence-electron chi connectivity index (χ3n) is 3.55. The van der Waals surface area contributed by atoms with Crippen LogP contribution in [0.5, 0.6) is 5.75 Å². The van der Waals surface area contributed by atoms with Gasteiger partial charge < -0.3 is 9.47 Å². The predicted octanol–water partition coefficient (Wildman–Crippen LogP) is 5.32. The predicted molar refractivity (Wildman–Crippen MR) is 90.6 cm³/mol. The zero-order valence-electron chi connectivity index (χ0n) is 14.0. The maximum Gasteiger partial charge on any atom is 0.347 e. The number of rotatable bonds is 9. The highest BCUT2D eigenvalue weighted by molar-refractivity contribution is 6.30. The Morgan fingerprint density at radius 3 is 2.59 bits per heavy atom. The standard InChI is InChI=1S/C18H27ClO3/c1-5-6-7-8-9-14(3)21-18(20)15(4)22-17-11-10-16(19)12-13(17)2/h10-12,14-15H,5-9H2,1-4H3/t14-,15+/m1/s1. The fourth-order valence-electron chi connectivity index (χ4n) is 2.20. The lowest BCUT2D eigenvalue weighted by molar-refractivity contribution is -0.156. The average molecular weight is 327 g/mol. The van der Waals surface area contributed by atoms with Crippen molar-refractivity contribution in [3.63, 3.8) is 0 Å². The molecule has 0 aliphatic heterocycles. The van der Waals surface area contributed by atoms with E-state index in [9.17, 15) is 4.79 Å². The van der Waals surface area contributed by atoms with Gasteiger partial charge in [0.1, 0.15) is 5.75 Å². The fraction of sp³-hybridized carbons (Fsp3) is 0.611. The van der Waals surface area contributed by atoms with Crippen LogP contribution in [0.1, 0.15) is 58.4 Å². The number of aryl methyl sites for hydroxylation is 1. The molecule has 4 heteroatoms. The van der Waals surface area contributed by atoms with Crippen LogP contribution in [0.25, 0.3) is 0 Å². The molecule has 1 aromatic rings. The molecule has 0 heterocycles. The summed E-state index contributed by atoms with van der Waals surface area (Å²) in [5, 5.41) is 0.654. The highest BCUT2D eigenvalue weighted by Gasteiger charge is 2.19. The quantitative estimate of drug-likeness (QED) is 0.455. The number of unbranched alkanes of at least 4 members (excludes halogenated alkanes) is 3. The first kappa shape index (κ1) is 18.8. The van der Waals surface area contributed by atoms with Crippen LogP contribution in [0.3, 0.4) is 0 Å². The van der Waals surface area contributed by atoms with Gasteiger partial charge in [-0.3, -0.25) is 0 Å². The van der Waals surface area contributed by atoms with Crippen molar-refractivity contribution < 1.29 is 14.3 Å². The van der Waals surface area contributed by atoms with E-state index in [2.05, 4.69) is 6.92 Å². The van der Waals surface area contributed by atoms with Crippen LogP contribution in [0.2, 0.25) is 5.02 Å². The number of esters is 1. The minimum absolute atomic E-state index is 0.0679. The molecule has 0 fully saturated rings. The molecule has 1 rings (SSSR count). The van der Waals surface area contributed by atoms with Crippen LogP contribution >= 0.6 is 11.6 Å². The van der Waals surface area contributed by atoms with Crippen molar-refractivity contribution in [2.24, 2.45) is 0 Å². The first-order valence-electron chi connectivity index (χ1n) is 8.07. The Hall–Kier alpha value is -1.22. The molecule has 1 aromatic carbocycles. The smallest absolute Gasteiger partial charge is 0.347 e. The molecular formula is C18H27ClO3. The SMILES string of the molecule is CCCCCC[C@@H](C)OC(=O)[C@H](C)Oc1ccc(Cl)cc1C. The summed E-state index contributed by atoms with van der Waals surface area (Å²) >= 11 is 5.91. The number of benzene rings is 1. The molecule has 0 saturated heterocycles. The zero-order valence-corrected chi connectivity index (χ0v) is 14.8. The summed E-state index contributed by atoms with van der Waals surface area (Å²) in [6, 6.07) is 5.33. The van der Waals surface area contributed by atoms with E-state index in [0.717, 1.165) is 18.4 Å². The van der Waals surface area contributed by atoms with Gasteiger partial charge in [0.15, 0.2) is 6.10 Å². The third-order valence-corrected chi connectivity index (χ3v) is 3.79. The van der Waals surface area contributed by atoms with Crippen LogP contribution in [0.15, 0.2) is 18.2 Å². The Bertz CT molecular complexity index is 473. The van der Waals surface area contributed by atoms with E-state index in [1.807, 2.05) is 19.9 Å². The molecule has 0 radical (unpaired) electrons. The molecule has 3 nitrogen and oxygen atoms in total. The molecule has 22 heavy (non-hydrogen) atoms. The van der Waals surface area contributed by atoms with Crippen LogP contribution in [0.4, 0.5) is 0 Å². The maximum atomic E-state index is 12.1. The summed E-state index contributed by atoms with van der Waals surface area (Å²) in [4.78, 5) is 12.1. The molecule has 0 amide bonds. The second-order valence-corrected chi connectivity index (χ2v) is 6.20. The maximum absolute atomic E-state index is 12.1. The summed E-state index contributed by atoms with van der Waals surface area (Å²) in [5.41, 5.74) is 0.903. The van der Waals surface area contributed by atoms with Crippen molar-refractivity contribution in [3.05, 3.63) is 28.8 Å². The number of halogens is 1. The van der Waals surface area contributed by atoms with Gasteiger partial charge in [0.05, 0.1) is 6.10 Å². The lowest BCUT2D eigenvalue weighted by Crippen LogP contribution is -2.29. The second kappa shape index (κ2) is 9.73.